The highest BCUT2D eigenvalue weighted by atomic mass is 16.2. The fourth-order valence-electron chi connectivity index (χ4n) is 3.20. The molecular formula is C20H18N2O3. The van der Waals surface area contributed by atoms with Gasteiger partial charge in [-0.05, 0) is 30.5 Å². The first kappa shape index (κ1) is 15.6. The van der Waals surface area contributed by atoms with Crippen LogP contribution >= 0.6 is 0 Å². The van der Waals surface area contributed by atoms with Gasteiger partial charge in [0.15, 0.2) is 0 Å². The standard InChI is InChI=1S/C20H18N2O3/c23-18(21(15-10-11-15)12-14-6-2-1-3-7-14)13-22-19(24)16-8-4-5-9-17(16)20(22)25/h1-9,15H,10-13H2. The normalized spacial score (nSPS) is 16.1. The van der Waals surface area contributed by atoms with Gasteiger partial charge in [0.25, 0.3) is 11.8 Å². The zero-order valence-electron chi connectivity index (χ0n) is 13.7. The molecule has 5 heteroatoms. The molecule has 0 N–H and O–H groups in total. The summed E-state index contributed by atoms with van der Waals surface area (Å²) in [6, 6.07) is 16.7. The summed E-state index contributed by atoms with van der Waals surface area (Å²) in [4.78, 5) is 40.5. The van der Waals surface area contributed by atoms with E-state index in [9.17, 15) is 14.4 Å². The van der Waals surface area contributed by atoms with Crippen LogP contribution in [0.4, 0.5) is 0 Å². The van der Waals surface area contributed by atoms with Crippen molar-refractivity contribution in [2.75, 3.05) is 6.54 Å². The molecule has 1 heterocycles. The van der Waals surface area contributed by atoms with Gasteiger partial charge >= 0.3 is 0 Å². The fourth-order valence-corrected chi connectivity index (χ4v) is 3.20. The molecule has 1 aliphatic carbocycles. The Balaban J connectivity index is 1.51. The number of benzene rings is 2. The minimum Gasteiger partial charge on any atom is -0.334 e. The number of imide groups is 1. The van der Waals surface area contributed by atoms with E-state index in [0.29, 0.717) is 17.7 Å². The van der Waals surface area contributed by atoms with Crippen molar-refractivity contribution in [3.8, 4) is 0 Å². The van der Waals surface area contributed by atoms with E-state index in [-0.39, 0.29) is 30.3 Å². The van der Waals surface area contributed by atoms with E-state index >= 15 is 0 Å². The predicted octanol–water partition coefficient (Wildman–Crippen LogP) is 2.47. The van der Waals surface area contributed by atoms with E-state index in [2.05, 4.69) is 0 Å². The van der Waals surface area contributed by atoms with Crippen LogP contribution in [0, 0.1) is 0 Å². The second-order valence-electron chi connectivity index (χ2n) is 6.48. The van der Waals surface area contributed by atoms with Gasteiger partial charge in [-0.1, -0.05) is 42.5 Å². The predicted molar refractivity (Wildman–Crippen MR) is 91.8 cm³/mol. The second-order valence-corrected chi connectivity index (χ2v) is 6.48. The van der Waals surface area contributed by atoms with Gasteiger partial charge in [0.1, 0.15) is 6.54 Å². The van der Waals surface area contributed by atoms with E-state index in [0.717, 1.165) is 23.3 Å². The molecule has 0 bridgehead atoms. The first-order valence-corrected chi connectivity index (χ1v) is 8.44. The molecule has 25 heavy (non-hydrogen) atoms. The minimum absolute atomic E-state index is 0.180. The maximum atomic E-state index is 12.8. The highest BCUT2D eigenvalue weighted by Gasteiger charge is 2.39. The maximum Gasteiger partial charge on any atom is 0.262 e. The lowest BCUT2D eigenvalue weighted by Crippen LogP contribution is -2.43. The third kappa shape index (κ3) is 2.93. The zero-order chi connectivity index (χ0) is 17.4. The number of carbonyl (C=O) groups excluding carboxylic acids is 3. The van der Waals surface area contributed by atoms with Gasteiger partial charge in [-0.2, -0.15) is 0 Å². The third-order valence-electron chi connectivity index (χ3n) is 4.68. The summed E-state index contributed by atoms with van der Waals surface area (Å²) in [6.45, 7) is 0.309. The van der Waals surface area contributed by atoms with Gasteiger partial charge in [-0.15, -0.1) is 0 Å². The topological polar surface area (TPSA) is 57.7 Å². The lowest BCUT2D eigenvalue weighted by Gasteiger charge is -2.25. The molecule has 0 radical (unpaired) electrons. The van der Waals surface area contributed by atoms with E-state index in [1.165, 1.54) is 0 Å². The Hall–Kier alpha value is -2.95. The molecule has 0 saturated heterocycles. The maximum absolute atomic E-state index is 12.8. The molecular weight excluding hydrogens is 316 g/mol. The molecule has 3 amide bonds. The molecule has 0 spiro atoms. The van der Waals surface area contributed by atoms with Crippen LogP contribution in [0.25, 0.3) is 0 Å². The van der Waals surface area contributed by atoms with Gasteiger partial charge in [-0.3, -0.25) is 19.3 Å². The number of nitrogens with zero attached hydrogens (tertiary/aromatic N) is 2. The number of fused-ring (bicyclic) bond motifs is 1. The Labute approximate surface area is 145 Å². The molecule has 1 aliphatic heterocycles. The van der Waals surface area contributed by atoms with Crippen molar-refractivity contribution in [1.82, 2.24) is 9.80 Å². The summed E-state index contributed by atoms with van der Waals surface area (Å²) in [5.41, 5.74) is 1.80. The van der Waals surface area contributed by atoms with Crippen molar-refractivity contribution >= 4 is 17.7 Å². The van der Waals surface area contributed by atoms with Crippen LogP contribution in [-0.2, 0) is 11.3 Å². The van der Waals surface area contributed by atoms with Gasteiger partial charge in [0.05, 0.1) is 11.1 Å². The van der Waals surface area contributed by atoms with Gasteiger partial charge < -0.3 is 4.90 Å². The van der Waals surface area contributed by atoms with Crippen LogP contribution in [0.15, 0.2) is 54.6 Å². The SMILES string of the molecule is O=C1c2ccccc2C(=O)N1CC(=O)N(Cc1ccccc1)C1CC1. The van der Waals surface area contributed by atoms with Crippen molar-refractivity contribution in [3.05, 3.63) is 71.3 Å². The van der Waals surface area contributed by atoms with Gasteiger partial charge in [0, 0.05) is 12.6 Å². The quantitative estimate of drug-likeness (QED) is 0.789. The number of carbonyl (C=O) groups is 3. The van der Waals surface area contributed by atoms with Crippen LogP contribution in [0.5, 0.6) is 0 Å². The van der Waals surface area contributed by atoms with Crippen LogP contribution in [0.3, 0.4) is 0 Å². The molecule has 0 aromatic heterocycles. The van der Waals surface area contributed by atoms with Gasteiger partial charge in [-0.25, -0.2) is 0 Å². The van der Waals surface area contributed by atoms with Crippen LogP contribution < -0.4 is 0 Å². The highest BCUT2D eigenvalue weighted by Crippen LogP contribution is 2.29. The molecule has 2 aliphatic rings. The smallest absolute Gasteiger partial charge is 0.262 e. The van der Waals surface area contributed by atoms with E-state index in [1.54, 1.807) is 29.2 Å². The monoisotopic (exact) mass is 334 g/mol. The minimum atomic E-state index is -0.385. The van der Waals surface area contributed by atoms with E-state index in [4.69, 9.17) is 0 Å². The lowest BCUT2D eigenvalue weighted by molar-refractivity contribution is -0.132. The Kier molecular flexibility index (Phi) is 3.84. The van der Waals surface area contributed by atoms with Crippen LogP contribution in [0.1, 0.15) is 39.1 Å². The molecule has 4 rings (SSSR count). The lowest BCUT2D eigenvalue weighted by atomic mass is 10.1. The Bertz CT molecular complexity index is 808. The highest BCUT2D eigenvalue weighted by molar-refractivity contribution is 6.22. The van der Waals surface area contributed by atoms with E-state index < -0.39 is 0 Å². The summed E-state index contributed by atoms with van der Waals surface area (Å²) in [5.74, 6) is -0.949. The Morgan fingerprint density at radius 2 is 1.48 bits per heavy atom. The first-order chi connectivity index (χ1) is 12.1. The molecule has 126 valence electrons. The molecule has 1 fully saturated rings. The number of amides is 3. The molecule has 2 aromatic carbocycles. The van der Waals surface area contributed by atoms with Crippen molar-refractivity contribution in [1.29, 1.82) is 0 Å². The van der Waals surface area contributed by atoms with Crippen molar-refractivity contribution in [3.63, 3.8) is 0 Å². The summed E-state index contributed by atoms with van der Waals surface area (Å²) in [6.07, 6.45) is 1.95. The summed E-state index contributed by atoms with van der Waals surface area (Å²) in [5, 5.41) is 0. The molecule has 0 unspecified atom stereocenters. The zero-order valence-corrected chi connectivity index (χ0v) is 13.7. The molecule has 1 saturated carbocycles. The summed E-state index contributed by atoms with van der Waals surface area (Å²) < 4.78 is 0. The first-order valence-electron chi connectivity index (χ1n) is 8.44. The largest absolute Gasteiger partial charge is 0.334 e. The third-order valence-corrected chi connectivity index (χ3v) is 4.68. The van der Waals surface area contributed by atoms with Gasteiger partial charge in [0.2, 0.25) is 5.91 Å². The molecule has 5 nitrogen and oxygen atoms in total. The fraction of sp³-hybridized carbons (Fsp3) is 0.250. The average molecular weight is 334 g/mol. The number of hydrogen-bond acceptors (Lipinski definition) is 3. The summed E-state index contributed by atoms with van der Waals surface area (Å²) >= 11 is 0. The average Bonchev–Trinajstić information content (AvgIpc) is 3.45. The van der Waals surface area contributed by atoms with E-state index in [1.807, 2.05) is 30.3 Å². The molecule has 0 atom stereocenters. The van der Waals surface area contributed by atoms with Crippen molar-refractivity contribution < 1.29 is 14.4 Å². The Morgan fingerprint density at radius 1 is 0.920 bits per heavy atom. The molecule has 2 aromatic rings. The number of hydrogen-bond donors (Lipinski definition) is 0. The van der Waals surface area contributed by atoms with Crippen molar-refractivity contribution in [2.24, 2.45) is 0 Å². The Morgan fingerprint density at radius 3 is 2.04 bits per heavy atom. The summed E-state index contributed by atoms with van der Waals surface area (Å²) in [7, 11) is 0. The van der Waals surface area contributed by atoms with Crippen LogP contribution in [-0.4, -0.2) is 40.1 Å². The second kappa shape index (κ2) is 6.16. The van der Waals surface area contributed by atoms with Crippen LogP contribution in [0.2, 0.25) is 0 Å². The number of rotatable bonds is 5. The van der Waals surface area contributed by atoms with Crippen molar-refractivity contribution in [2.45, 2.75) is 25.4 Å².